The molecule has 0 saturated carbocycles. The Balaban J connectivity index is 2.74. The number of carbonyl (C=O) groups excluding carboxylic acids is 1. The summed E-state index contributed by atoms with van der Waals surface area (Å²) < 4.78 is 0. The van der Waals surface area contributed by atoms with Gasteiger partial charge in [0.05, 0.1) is 23.7 Å². The van der Waals surface area contributed by atoms with Gasteiger partial charge in [-0.2, -0.15) is 0 Å². The molecule has 0 radical (unpaired) electrons. The minimum Gasteiger partial charge on any atom is -0.397 e. The number of pyridine rings is 1. The highest BCUT2D eigenvalue weighted by Crippen LogP contribution is 2.22. The van der Waals surface area contributed by atoms with E-state index in [0.717, 1.165) is 11.8 Å². The van der Waals surface area contributed by atoms with Gasteiger partial charge < -0.3 is 15.9 Å². The first kappa shape index (κ1) is 14.0. The highest BCUT2D eigenvalue weighted by molar-refractivity contribution is 8.13. The molecule has 0 aliphatic rings. The van der Waals surface area contributed by atoms with Crippen LogP contribution < -0.4 is 5.73 Å². The first-order valence-corrected chi connectivity index (χ1v) is 6.12. The fourth-order valence-electron chi connectivity index (χ4n) is 1.39. The number of hydrogen-bond acceptors (Lipinski definition) is 6. The first-order valence-electron chi connectivity index (χ1n) is 5.13. The van der Waals surface area contributed by atoms with Gasteiger partial charge >= 0.3 is 0 Å². The van der Waals surface area contributed by atoms with E-state index in [1.165, 1.54) is 13.1 Å². The fraction of sp³-hybridized carbons (Fsp3) is 0.455. The standard InChI is InChI=1S/C11H16N2O3S/c1-6-3-8(12)4-13-10(6)11(16)9(15)5-17-7(2)14/h3-4,9,11,15-16H,5,12H2,1-2H3. The third-order valence-electron chi connectivity index (χ3n) is 2.24. The van der Waals surface area contributed by atoms with Crippen LogP contribution in [0.25, 0.3) is 0 Å². The van der Waals surface area contributed by atoms with Crippen molar-refractivity contribution in [2.45, 2.75) is 26.1 Å². The van der Waals surface area contributed by atoms with E-state index in [4.69, 9.17) is 5.73 Å². The predicted molar refractivity (Wildman–Crippen MR) is 67.5 cm³/mol. The third-order valence-corrected chi connectivity index (χ3v) is 3.16. The Morgan fingerprint density at radius 2 is 2.24 bits per heavy atom. The molecule has 6 heteroatoms. The van der Waals surface area contributed by atoms with Gasteiger partial charge in [0.15, 0.2) is 5.12 Å². The van der Waals surface area contributed by atoms with Crippen molar-refractivity contribution < 1.29 is 15.0 Å². The molecule has 0 amide bonds. The quantitative estimate of drug-likeness (QED) is 0.732. The summed E-state index contributed by atoms with van der Waals surface area (Å²) in [6.07, 6.45) is -0.711. The number of nitrogens with two attached hydrogens (primary N) is 1. The minimum absolute atomic E-state index is 0.0989. The Kier molecular flexibility index (Phi) is 4.92. The maximum atomic E-state index is 10.8. The Morgan fingerprint density at radius 1 is 1.59 bits per heavy atom. The Bertz CT molecular complexity index is 412. The normalized spacial score (nSPS) is 14.4. The molecule has 0 aliphatic heterocycles. The largest absolute Gasteiger partial charge is 0.397 e. The zero-order valence-corrected chi connectivity index (χ0v) is 10.6. The van der Waals surface area contributed by atoms with Crippen LogP contribution in [0.15, 0.2) is 12.3 Å². The topological polar surface area (TPSA) is 96.4 Å². The van der Waals surface area contributed by atoms with Crippen LogP contribution in [0, 0.1) is 6.92 Å². The summed E-state index contributed by atoms with van der Waals surface area (Å²) in [7, 11) is 0. The molecule has 1 aromatic heterocycles. The maximum absolute atomic E-state index is 10.8. The molecule has 94 valence electrons. The van der Waals surface area contributed by atoms with Crippen LogP contribution in [0.4, 0.5) is 5.69 Å². The molecular weight excluding hydrogens is 240 g/mol. The molecule has 0 fully saturated rings. The van der Waals surface area contributed by atoms with Crippen LogP contribution in [0.1, 0.15) is 24.3 Å². The van der Waals surface area contributed by atoms with E-state index in [1.54, 1.807) is 13.0 Å². The number of aromatic nitrogens is 1. The van der Waals surface area contributed by atoms with Gasteiger partial charge in [-0.05, 0) is 18.6 Å². The van der Waals surface area contributed by atoms with Crippen molar-refractivity contribution in [3.63, 3.8) is 0 Å². The van der Waals surface area contributed by atoms with Gasteiger partial charge in [0, 0.05) is 12.7 Å². The van der Waals surface area contributed by atoms with E-state index in [2.05, 4.69) is 4.98 Å². The highest BCUT2D eigenvalue weighted by Gasteiger charge is 2.22. The maximum Gasteiger partial charge on any atom is 0.185 e. The van der Waals surface area contributed by atoms with Crippen molar-refractivity contribution >= 4 is 22.6 Å². The number of rotatable bonds is 4. The molecule has 2 unspecified atom stereocenters. The lowest BCUT2D eigenvalue weighted by molar-refractivity contribution is -0.109. The SMILES string of the molecule is CC(=O)SCC(O)C(O)c1ncc(N)cc1C. The van der Waals surface area contributed by atoms with E-state index in [-0.39, 0.29) is 10.9 Å². The molecule has 0 spiro atoms. The summed E-state index contributed by atoms with van der Waals surface area (Å²) in [6.45, 7) is 3.17. The highest BCUT2D eigenvalue weighted by atomic mass is 32.2. The summed E-state index contributed by atoms with van der Waals surface area (Å²) in [5.74, 6) is 0.141. The van der Waals surface area contributed by atoms with Gasteiger partial charge in [0.2, 0.25) is 0 Å². The van der Waals surface area contributed by atoms with E-state index in [1.807, 2.05) is 0 Å². The molecule has 0 aliphatic carbocycles. The van der Waals surface area contributed by atoms with Crippen molar-refractivity contribution in [1.82, 2.24) is 4.98 Å². The molecule has 0 bridgehead atoms. The van der Waals surface area contributed by atoms with E-state index in [0.29, 0.717) is 16.9 Å². The van der Waals surface area contributed by atoms with Crippen LogP contribution in [0.3, 0.4) is 0 Å². The van der Waals surface area contributed by atoms with E-state index < -0.39 is 12.2 Å². The zero-order valence-electron chi connectivity index (χ0n) is 9.75. The smallest absolute Gasteiger partial charge is 0.185 e. The summed E-state index contributed by atoms with van der Waals surface area (Å²) in [5.41, 5.74) is 7.15. The number of nitrogens with zero attached hydrogens (tertiary/aromatic N) is 1. The summed E-state index contributed by atoms with van der Waals surface area (Å²) >= 11 is 0.970. The lowest BCUT2D eigenvalue weighted by Crippen LogP contribution is -2.23. The number of nitrogen functional groups attached to an aromatic ring is 1. The molecular formula is C11H16N2O3S. The minimum atomic E-state index is -1.11. The number of aliphatic hydroxyl groups is 2. The number of aliphatic hydroxyl groups excluding tert-OH is 2. The van der Waals surface area contributed by atoms with Gasteiger partial charge in [-0.1, -0.05) is 11.8 Å². The van der Waals surface area contributed by atoms with Crippen LogP contribution in [-0.2, 0) is 4.79 Å². The molecule has 4 N–H and O–H groups in total. The van der Waals surface area contributed by atoms with Crippen molar-refractivity contribution in [3.8, 4) is 0 Å². The third kappa shape index (κ3) is 3.99. The molecule has 1 aromatic rings. The number of aryl methyl sites for hydroxylation is 1. The second kappa shape index (κ2) is 6.00. The van der Waals surface area contributed by atoms with Gasteiger partial charge in [-0.25, -0.2) is 0 Å². The molecule has 1 heterocycles. The zero-order chi connectivity index (χ0) is 13.0. The molecule has 0 saturated heterocycles. The van der Waals surface area contributed by atoms with E-state index >= 15 is 0 Å². The lowest BCUT2D eigenvalue weighted by Gasteiger charge is -2.18. The van der Waals surface area contributed by atoms with Crippen molar-refractivity contribution in [1.29, 1.82) is 0 Å². The van der Waals surface area contributed by atoms with Crippen LogP contribution in [0.2, 0.25) is 0 Å². The van der Waals surface area contributed by atoms with Crippen LogP contribution in [0.5, 0.6) is 0 Å². The first-order chi connectivity index (χ1) is 7.91. The number of thioether (sulfide) groups is 1. The van der Waals surface area contributed by atoms with Gasteiger partial charge in [0.1, 0.15) is 6.10 Å². The van der Waals surface area contributed by atoms with Gasteiger partial charge in [-0.3, -0.25) is 9.78 Å². The number of anilines is 1. The van der Waals surface area contributed by atoms with Crippen LogP contribution >= 0.6 is 11.8 Å². The average molecular weight is 256 g/mol. The Hall–Kier alpha value is -1.11. The lowest BCUT2D eigenvalue weighted by atomic mass is 10.1. The molecule has 2 atom stereocenters. The second-order valence-electron chi connectivity index (χ2n) is 3.79. The van der Waals surface area contributed by atoms with Gasteiger partial charge in [0.25, 0.3) is 0 Å². The summed E-state index contributed by atoms with van der Waals surface area (Å²) in [4.78, 5) is 14.8. The molecule has 1 rings (SSSR count). The van der Waals surface area contributed by atoms with Crippen LogP contribution in [-0.4, -0.2) is 32.2 Å². The number of hydrogen-bond donors (Lipinski definition) is 3. The number of carbonyl (C=O) groups is 1. The van der Waals surface area contributed by atoms with Crippen molar-refractivity contribution in [3.05, 3.63) is 23.5 Å². The van der Waals surface area contributed by atoms with Gasteiger partial charge in [-0.15, -0.1) is 0 Å². The summed E-state index contributed by atoms with van der Waals surface area (Å²) in [6, 6.07) is 1.68. The van der Waals surface area contributed by atoms with Crippen molar-refractivity contribution in [2.24, 2.45) is 0 Å². The Morgan fingerprint density at radius 3 is 2.76 bits per heavy atom. The predicted octanol–water partition coefficient (Wildman–Crippen LogP) is 0.646. The molecule has 17 heavy (non-hydrogen) atoms. The molecule has 5 nitrogen and oxygen atoms in total. The average Bonchev–Trinajstić information content (AvgIpc) is 2.25. The van der Waals surface area contributed by atoms with Crippen molar-refractivity contribution in [2.75, 3.05) is 11.5 Å². The fourth-order valence-corrected chi connectivity index (χ4v) is 1.98. The summed E-state index contributed by atoms with van der Waals surface area (Å²) in [5, 5.41) is 19.5. The monoisotopic (exact) mass is 256 g/mol. The van der Waals surface area contributed by atoms with E-state index in [9.17, 15) is 15.0 Å². The molecule has 0 aromatic carbocycles. The second-order valence-corrected chi connectivity index (χ2v) is 4.98. The Labute approximate surface area is 104 Å².